The van der Waals surface area contributed by atoms with Crippen LogP contribution in [0.1, 0.15) is 27.4 Å². The van der Waals surface area contributed by atoms with Crippen molar-refractivity contribution in [3.05, 3.63) is 77.2 Å². The molecule has 0 bridgehead atoms. The van der Waals surface area contributed by atoms with Gasteiger partial charge in [-0.2, -0.15) is 0 Å². The number of hydrogen-bond donors (Lipinski definition) is 2. The molecule has 0 unspecified atom stereocenters. The van der Waals surface area contributed by atoms with Crippen LogP contribution in [0, 0.1) is 6.92 Å². The molecule has 0 saturated carbocycles. The summed E-state index contributed by atoms with van der Waals surface area (Å²) in [7, 11) is 3.26. The number of rotatable bonds is 8. The fraction of sp³-hybridized carbons (Fsp3) is 0.227. The highest BCUT2D eigenvalue weighted by atomic mass is 16.5. The molecule has 1 heterocycles. The molecule has 1 amide bonds. The fourth-order valence-corrected chi connectivity index (χ4v) is 2.73. The first kappa shape index (κ1) is 20.1. The smallest absolute Gasteiger partial charge is 0.270 e. The van der Waals surface area contributed by atoms with Crippen molar-refractivity contribution in [1.29, 1.82) is 0 Å². The van der Waals surface area contributed by atoms with Crippen molar-refractivity contribution in [3.63, 3.8) is 0 Å². The van der Waals surface area contributed by atoms with Crippen LogP contribution in [0.2, 0.25) is 0 Å². The Kier molecular flexibility index (Phi) is 6.63. The van der Waals surface area contributed by atoms with Crippen molar-refractivity contribution in [2.24, 2.45) is 0 Å². The van der Waals surface area contributed by atoms with Crippen molar-refractivity contribution >= 4 is 11.7 Å². The zero-order valence-electron chi connectivity index (χ0n) is 16.7. The van der Waals surface area contributed by atoms with Gasteiger partial charge < -0.3 is 20.1 Å². The number of nitrogens with zero attached hydrogens (tertiary/aromatic N) is 2. The minimum Gasteiger partial charge on any atom is -0.497 e. The molecule has 0 atom stereocenters. The Morgan fingerprint density at radius 2 is 1.41 bits per heavy atom. The summed E-state index contributed by atoms with van der Waals surface area (Å²) < 4.78 is 10.3. The molecule has 3 rings (SSSR count). The Balaban J connectivity index is 1.61. The molecular formula is C22H24N4O3. The van der Waals surface area contributed by atoms with Gasteiger partial charge in [-0.15, -0.1) is 0 Å². The maximum atomic E-state index is 12.5. The molecule has 1 aromatic heterocycles. The van der Waals surface area contributed by atoms with E-state index >= 15 is 0 Å². The summed E-state index contributed by atoms with van der Waals surface area (Å²) in [6, 6.07) is 16.9. The second kappa shape index (κ2) is 9.54. The number of aromatic nitrogens is 2. The van der Waals surface area contributed by atoms with Crippen LogP contribution in [-0.4, -0.2) is 30.1 Å². The third-order valence-corrected chi connectivity index (χ3v) is 4.32. The summed E-state index contributed by atoms with van der Waals surface area (Å²) >= 11 is 0. The molecule has 0 fully saturated rings. The zero-order valence-corrected chi connectivity index (χ0v) is 16.7. The van der Waals surface area contributed by atoms with E-state index in [1.807, 2.05) is 48.5 Å². The number of carbonyl (C=O) groups is 1. The van der Waals surface area contributed by atoms with E-state index in [1.54, 1.807) is 27.2 Å². The lowest BCUT2D eigenvalue weighted by Gasteiger charge is -2.10. The molecule has 0 radical (unpaired) electrons. The quantitative estimate of drug-likeness (QED) is 0.612. The van der Waals surface area contributed by atoms with Gasteiger partial charge in [0, 0.05) is 19.2 Å². The van der Waals surface area contributed by atoms with Crippen molar-refractivity contribution in [2.75, 3.05) is 19.5 Å². The average Bonchev–Trinajstić information content (AvgIpc) is 2.76. The van der Waals surface area contributed by atoms with E-state index in [0.717, 1.165) is 22.6 Å². The lowest BCUT2D eigenvalue weighted by molar-refractivity contribution is 0.0945. The van der Waals surface area contributed by atoms with Crippen molar-refractivity contribution < 1.29 is 14.3 Å². The van der Waals surface area contributed by atoms with Crippen LogP contribution in [0.3, 0.4) is 0 Å². The van der Waals surface area contributed by atoms with E-state index in [1.165, 1.54) is 0 Å². The van der Waals surface area contributed by atoms with Gasteiger partial charge in [-0.1, -0.05) is 24.3 Å². The predicted octanol–water partition coefficient (Wildman–Crippen LogP) is 3.34. The van der Waals surface area contributed by atoms with Gasteiger partial charge in [0.25, 0.3) is 5.91 Å². The number of anilines is 1. The third kappa shape index (κ3) is 5.68. The summed E-state index contributed by atoms with van der Waals surface area (Å²) in [6.07, 6.45) is 0. The molecule has 0 aliphatic rings. The number of methoxy groups -OCH3 is 2. The molecule has 2 N–H and O–H groups in total. The molecule has 150 valence electrons. The summed E-state index contributed by atoms with van der Waals surface area (Å²) in [6.45, 7) is 2.74. The minimum atomic E-state index is -0.251. The molecule has 0 saturated heterocycles. The lowest BCUT2D eigenvalue weighted by atomic mass is 10.2. The van der Waals surface area contributed by atoms with Gasteiger partial charge in [-0.3, -0.25) is 4.79 Å². The van der Waals surface area contributed by atoms with Gasteiger partial charge in [0.2, 0.25) is 0 Å². The highest BCUT2D eigenvalue weighted by Crippen LogP contribution is 2.14. The van der Waals surface area contributed by atoms with Gasteiger partial charge >= 0.3 is 0 Å². The van der Waals surface area contributed by atoms with Crippen molar-refractivity contribution in [2.45, 2.75) is 20.0 Å². The molecule has 7 nitrogen and oxygen atoms in total. The van der Waals surface area contributed by atoms with Crippen LogP contribution in [0.15, 0.2) is 54.6 Å². The first-order valence-corrected chi connectivity index (χ1v) is 9.21. The topological polar surface area (TPSA) is 85.4 Å². The zero-order chi connectivity index (χ0) is 20.6. The number of ether oxygens (including phenoxy) is 2. The van der Waals surface area contributed by atoms with Crippen LogP contribution in [0.25, 0.3) is 0 Å². The summed E-state index contributed by atoms with van der Waals surface area (Å²) in [5, 5.41) is 6.12. The Labute approximate surface area is 170 Å². The molecule has 0 aliphatic carbocycles. The van der Waals surface area contributed by atoms with Crippen LogP contribution in [-0.2, 0) is 13.1 Å². The Hall–Kier alpha value is -3.61. The lowest BCUT2D eigenvalue weighted by Crippen LogP contribution is -2.24. The second-order valence-electron chi connectivity index (χ2n) is 6.42. The van der Waals surface area contributed by atoms with Gasteiger partial charge in [0.15, 0.2) is 0 Å². The molecule has 3 aromatic rings. The van der Waals surface area contributed by atoms with Gasteiger partial charge in [0.05, 0.1) is 14.2 Å². The fourth-order valence-electron chi connectivity index (χ4n) is 2.73. The first-order chi connectivity index (χ1) is 14.1. The van der Waals surface area contributed by atoms with Crippen molar-refractivity contribution in [3.8, 4) is 11.5 Å². The molecule has 2 aromatic carbocycles. The van der Waals surface area contributed by atoms with E-state index in [-0.39, 0.29) is 5.91 Å². The maximum Gasteiger partial charge on any atom is 0.270 e. The van der Waals surface area contributed by atoms with E-state index in [9.17, 15) is 4.79 Å². The summed E-state index contributed by atoms with van der Waals surface area (Å²) in [5.74, 6) is 2.46. The van der Waals surface area contributed by atoms with E-state index < -0.39 is 0 Å². The monoisotopic (exact) mass is 392 g/mol. The van der Waals surface area contributed by atoms with E-state index in [2.05, 4.69) is 20.6 Å². The number of nitrogens with one attached hydrogen (secondary N) is 2. The standard InChI is InChI=1S/C22H24N4O3/c1-15-25-20(22(27)24-14-17-6-10-19(29-3)11-7-17)12-21(26-15)23-13-16-4-8-18(28-2)9-5-16/h4-12H,13-14H2,1-3H3,(H,24,27)(H,23,25,26). The largest absolute Gasteiger partial charge is 0.497 e. The van der Waals surface area contributed by atoms with E-state index in [4.69, 9.17) is 9.47 Å². The Bertz CT molecular complexity index is 957. The molecule has 0 spiro atoms. The van der Waals surface area contributed by atoms with Crippen LogP contribution >= 0.6 is 0 Å². The first-order valence-electron chi connectivity index (χ1n) is 9.21. The van der Waals surface area contributed by atoms with Crippen LogP contribution in [0.4, 0.5) is 5.82 Å². The number of carbonyl (C=O) groups excluding carboxylic acids is 1. The average molecular weight is 392 g/mol. The SMILES string of the molecule is COc1ccc(CNC(=O)c2cc(NCc3ccc(OC)cc3)nc(C)n2)cc1. The van der Waals surface area contributed by atoms with E-state index in [0.29, 0.717) is 30.4 Å². The third-order valence-electron chi connectivity index (χ3n) is 4.32. The molecule has 7 heteroatoms. The Morgan fingerprint density at radius 3 is 1.97 bits per heavy atom. The number of aryl methyl sites for hydroxylation is 1. The number of benzene rings is 2. The number of amides is 1. The minimum absolute atomic E-state index is 0.251. The molecular weight excluding hydrogens is 368 g/mol. The van der Waals surface area contributed by atoms with Gasteiger partial charge in [-0.25, -0.2) is 9.97 Å². The maximum absolute atomic E-state index is 12.5. The summed E-state index contributed by atoms with van der Waals surface area (Å²) in [4.78, 5) is 21.1. The van der Waals surface area contributed by atoms with Crippen LogP contribution < -0.4 is 20.1 Å². The van der Waals surface area contributed by atoms with Gasteiger partial charge in [-0.05, 0) is 42.3 Å². The summed E-state index contributed by atoms with van der Waals surface area (Å²) in [5.41, 5.74) is 2.37. The highest BCUT2D eigenvalue weighted by Gasteiger charge is 2.10. The number of hydrogen-bond acceptors (Lipinski definition) is 6. The second-order valence-corrected chi connectivity index (χ2v) is 6.42. The van der Waals surface area contributed by atoms with Crippen molar-refractivity contribution in [1.82, 2.24) is 15.3 Å². The molecule has 29 heavy (non-hydrogen) atoms. The molecule has 0 aliphatic heterocycles. The predicted molar refractivity (Wildman–Crippen MR) is 111 cm³/mol. The normalized spacial score (nSPS) is 10.3. The highest BCUT2D eigenvalue weighted by molar-refractivity contribution is 5.92. The van der Waals surface area contributed by atoms with Crippen LogP contribution in [0.5, 0.6) is 11.5 Å². The van der Waals surface area contributed by atoms with Gasteiger partial charge in [0.1, 0.15) is 28.8 Å². The Morgan fingerprint density at radius 1 is 0.862 bits per heavy atom.